The van der Waals surface area contributed by atoms with Crippen LogP contribution in [0.2, 0.25) is 0 Å². The van der Waals surface area contributed by atoms with Crippen molar-refractivity contribution in [2.45, 2.75) is 32.7 Å². The van der Waals surface area contributed by atoms with Gasteiger partial charge in [0.25, 0.3) is 5.56 Å². The first kappa shape index (κ1) is 19.6. The van der Waals surface area contributed by atoms with Gasteiger partial charge in [-0.2, -0.15) is 0 Å². The van der Waals surface area contributed by atoms with E-state index in [0.29, 0.717) is 41.0 Å². The van der Waals surface area contributed by atoms with E-state index in [1.807, 2.05) is 56.3 Å². The molecule has 3 aromatic rings. The summed E-state index contributed by atoms with van der Waals surface area (Å²) in [7, 11) is 3.36. The first-order valence-corrected chi connectivity index (χ1v) is 9.43. The van der Waals surface area contributed by atoms with Gasteiger partial charge < -0.3 is 9.64 Å². The predicted octanol–water partition coefficient (Wildman–Crippen LogP) is 3.71. The summed E-state index contributed by atoms with van der Waals surface area (Å²) in [6.45, 7) is 3.82. The van der Waals surface area contributed by atoms with Crippen LogP contribution < -0.4 is 10.3 Å². The van der Waals surface area contributed by atoms with E-state index < -0.39 is 0 Å². The summed E-state index contributed by atoms with van der Waals surface area (Å²) < 4.78 is 6.84. The lowest BCUT2D eigenvalue weighted by Gasteiger charge is -2.29. The highest BCUT2D eigenvalue weighted by Crippen LogP contribution is 2.26. The van der Waals surface area contributed by atoms with Crippen LogP contribution in [0.3, 0.4) is 0 Å². The van der Waals surface area contributed by atoms with Gasteiger partial charge in [0.15, 0.2) is 0 Å². The van der Waals surface area contributed by atoms with Crippen molar-refractivity contribution in [2.75, 3.05) is 14.2 Å². The third-order valence-electron chi connectivity index (χ3n) is 4.98. The van der Waals surface area contributed by atoms with Crippen LogP contribution in [-0.4, -0.2) is 34.5 Å². The van der Waals surface area contributed by atoms with Crippen LogP contribution in [0.15, 0.2) is 53.3 Å². The number of aromatic nitrogens is 2. The van der Waals surface area contributed by atoms with Crippen molar-refractivity contribution >= 4 is 16.8 Å². The molecular weight excluding hydrogens is 354 g/mol. The second-order valence-electron chi connectivity index (χ2n) is 6.61. The molecule has 1 amide bonds. The lowest BCUT2D eigenvalue weighted by molar-refractivity contribution is -0.132. The Bertz CT molecular complexity index is 1040. The standard InChI is InChI=1S/C22H25N3O3/c1-5-19(24(3)20(26)6-2)21-23-18-10-8-7-9-17(18)22(27)25(21)15-11-13-16(28-4)14-12-15/h7-14,19H,5-6H2,1-4H3. The summed E-state index contributed by atoms with van der Waals surface area (Å²) in [4.78, 5) is 32.2. The molecule has 6 heteroatoms. The van der Waals surface area contributed by atoms with Crippen LogP contribution in [0.5, 0.6) is 5.75 Å². The molecule has 1 unspecified atom stereocenters. The molecule has 2 aromatic carbocycles. The summed E-state index contributed by atoms with van der Waals surface area (Å²) in [5.74, 6) is 1.27. The fourth-order valence-electron chi connectivity index (χ4n) is 3.41. The van der Waals surface area contributed by atoms with E-state index in [1.165, 1.54) is 0 Å². The molecule has 146 valence electrons. The zero-order valence-corrected chi connectivity index (χ0v) is 16.7. The number of hydrogen-bond acceptors (Lipinski definition) is 4. The smallest absolute Gasteiger partial charge is 0.266 e. The number of methoxy groups -OCH3 is 1. The molecule has 0 N–H and O–H groups in total. The Hall–Kier alpha value is -3.15. The van der Waals surface area contributed by atoms with Crippen molar-refractivity contribution in [1.82, 2.24) is 14.5 Å². The molecule has 6 nitrogen and oxygen atoms in total. The van der Waals surface area contributed by atoms with E-state index in [2.05, 4.69) is 0 Å². The van der Waals surface area contributed by atoms with Gasteiger partial charge in [-0.1, -0.05) is 26.0 Å². The van der Waals surface area contributed by atoms with Gasteiger partial charge in [0.05, 0.1) is 29.7 Å². The van der Waals surface area contributed by atoms with Gasteiger partial charge in [0.1, 0.15) is 11.6 Å². The Balaban J connectivity index is 2.30. The normalized spacial score (nSPS) is 12.0. The summed E-state index contributed by atoms with van der Waals surface area (Å²) >= 11 is 0. The first-order chi connectivity index (χ1) is 13.5. The largest absolute Gasteiger partial charge is 0.497 e. The number of nitrogens with zero attached hydrogens (tertiary/aromatic N) is 3. The Morgan fingerprint density at radius 2 is 1.82 bits per heavy atom. The Kier molecular flexibility index (Phi) is 5.78. The fraction of sp³-hybridized carbons (Fsp3) is 0.318. The topological polar surface area (TPSA) is 64.4 Å². The predicted molar refractivity (Wildman–Crippen MR) is 110 cm³/mol. The van der Waals surface area contributed by atoms with Gasteiger partial charge in [-0.05, 0) is 42.8 Å². The van der Waals surface area contributed by atoms with Crippen molar-refractivity contribution < 1.29 is 9.53 Å². The second-order valence-corrected chi connectivity index (χ2v) is 6.61. The molecule has 0 aliphatic rings. The number of carbonyl (C=O) groups is 1. The highest BCUT2D eigenvalue weighted by atomic mass is 16.5. The first-order valence-electron chi connectivity index (χ1n) is 9.43. The molecule has 0 bridgehead atoms. The highest BCUT2D eigenvalue weighted by molar-refractivity contribution is 5.78. The molecule has 0 spiro atoms. The summed E-state index contributed by atoms with van der Waals surface area (Å²) in [6.07, 6.45) is 1.04. The Morgan fingerprint density at radius 1 is 1.14 bits per heavy atom. The maximum absolute atomic E-state index is 13.4. The number of hydrogen-bond donors (Lipinski definition) is 0. The number of ether oxygens (including phenoxy) is 1. The molecule has 3 rings (SSSR count). The number of benzene rings is 2. The zero-order chi connectivity index (χ0) is 20.3. The minimum Gasteiger partial charge on any atom is -0.497 e. The summed E-state index contributed by atoms with van der Waals surface area (Å²) in [5, 5.41) is 0.543. The molecule has 0 saturated heterocycles. The Morgan fingerprint density at radius 3 is 2.43 bits per heavy atom. The van der Waals surface area contributed by atoms with Crippen LogP contribution in [0, 0.1) is 0 Å². The molecule has 0 saturated carbocycles. The molecule has 0 aliphatic heterocycles. The molecule has 0 aliphatic carbocycles. The molecule has 0 fully saturated rings. The molecular formula is C22H25N3O3. The average Bonchev–Trinajstić information content (AvgIpc) is 2.74. The lowest BCUT2D eigenvalue weighted by Crippen LogP contribution is -2.35. The van der Waals surface area contributed by atoms with Gasteiger partial charge in [-0.25, -0.2) is 4.98 Å². The number of carbonyl (C=O) groups excluding carboxylic acids is 1. The van der Waals surface area contributed by atoms with Crippen LogP contribution in [0.25, 0.3) is 16.6 Å². The molecule has 1 aromatic heterocycles. The van der Waals surface area contributed by atoms with Crippen molar-refractivity contribution in [3.8, 4) is 11.4 Å². The zero-order valence-electron chi connectivity index (χ0n) is 16.7. The number of fused-ring (bicyclic) bond motifs is 1. The van der Waals surface area contributed by atoms with E-state index in [0.717, 1.165) is 0 Å². The highest BCUT2D eigenvalue weighted by Gasteiger charge is 2.25. The van der Waals surface area contributed by atoms with E-state index in [1.54, 1.807) is 29.7 Å². The van der Waals surface area contributed by atoms with E-state index in [-0.39, 0.29) is 17.5 Å². The van der Waals surface area contributed by atoms with Gasteiger partial charge >= 0.3 is 0 Å². The van der Waals surface area contributed by atoms with Crippen LogP contribution >= 0.6 is 0 Å². The van der Waals surface area contributed by atoms with Gasteiger partial charge in [-0.15, -0.1) is 0 Å². The van der Waals surface area contributed by atoms with Gasteiger partial charge in [0, 0.05) is 13.5 Å². The maximum Gasteiger partial charge on any atom is 0.266 e. The Labute approximate surface area is 164 Å². The average molecular weight is 379 g/mol. The number of amides is 1. The minimum absolute atomic E-state index is 0.00976. The molecule has 1 heterocycles. The number of para-hydroxylation sites is 1. The SMILES string of the molecule is CCC(=O)N(C)C(CC)c1nc2ccccc2c(=O)n1-c1ccc(OC)cc1. The van der Waals surface area contributed by atoms with Crippen molar-refractivity contribution in [2.24, 2.45) is 0 Å². The van der Waals surface area contributed by atoms with E-state index in [4.69, 9.17) is 9.72 Å². The maximum atomic E-state index is 13.4. The summed E-state index contributed by atoms with van der Waals surface area (Å²) in [6, 6.07) is 14.2. The van der Waals surface area contributed by atoms with E-state index >= 15 is 0 Å². The second kappa shape index (κ2) is 8.25. The minimum atomic E-state index is -0.313. The van der Waals surface area contributed by atoms with Crippen LogP contribution in [0.4, 0.5) is 0 Å². The van der Waals surface area contributed by atoms with Crippen molar-refractivity contribution in [3.63, 3.8) is 0 Å². The third kappa shape index (κ3) is 3.50. The van der Waals surface area contributed by atoms with Crippen molar-refractivity contribution in [1.29, 1.82) is 0 Å². The monoisotopic (exact) mass is 379 g/mol. The van der Waals surface area contributed by atoms with Crippen LogP contribution in [0.1, 0.15) is 38.6 Å². The fourth-order valence-corrected chi connectivity index (χ4v) is 3.41. The third-order valence-corrected chi connectivity index (χ3v) is 4.98. The summed E-state index contributed by atoms with van der Waals surface area (Å²) in [5.41, 5.74) is 1.17. The van der Waals surface area contributed by atoms with E-state index in [9.17, 15) is 9.59 Å². The molecule has 0 radical (unpaired) electrons. The molecule has 28 heavy (non-hydrogen) atoms. The number of rotatable bonds is 6. The quantitative estimate of drug-likeness (QED) is 0.655. The van der Waals surface area contributed by atoms with Gasteiger partial charge in [0.2, 0.25) is 5.91 Å². The molecule has 1 atom stereocenters. The van der Waals surface area contributed by atoms with Crippen LogP contribution in [-0.2, 0) is 4.79 Å². The lowest BCUT2D eigenvalue weighted by atomic mass is 10.1. The van der Waals surface area contributed by atoms with Gasteiger partial charge in [-0.3, -0.25) is 14.2 Å². The van der Waals surface area contributed by atoms with Crippen molar-refractivity contribution in [3.05, 3.63) is 64.7 Å².